The highest BCUT2D eigenvalue weighted by atomic mass is 35.5. The highest BCUT2D eigenvalue weighted by Crippen LogP contribution is 2.30. The van der Waals surface area contributed by atoms with Crippen LogP contribution < -0.4 is 4.72 Å². The minimum atomic E-state index is 0.131. The van der Waals surface area contributed by atoms with Gasteiger partial charge < -0.3 is 0 Å². The maximum atomic E-state index is 6.11. The Kier molecular flexibility index (Phi) is 7.17. The molecule has 1 aliphatic heterocycles. The molecular weight excluding hydrogens is 447 g/mol. The first kappa shape index (κ1) is 21.8. The van der Waals surface area contributed by atoms with Gasteiger partial charge in [-0.3, -0.25) is 9.71 Å². The van der Waals surface area contributed by atoms with E-state index in [-0.39, 0.29) is 5.92 Å². The van der Waals surface area contributed by atoms with E-state index >= 15 is 0 Å². The summed E-state index contributed by atoms with van der Waals surface area (Å²) in [7, 11) is 0. The van der Waals surface area contributed by atoms with Crippen molar-refractivity contribution in [3.05, 3.63) is 100 Å². The fourth-order valence-electron chi connectivity index (χ4n) is 3.39. The molecule has 0 fully saturated rings. The quantitative estimate of drug-likeness (QED) is 0.265. The molecule has 0 spiro atoms. The second-order valence-electron chi connectivity index (χ2n) is 6.99. The SMILES string of the molecule is CCN=C(NSc1ccc(Cl)cc1)N1C[C@H](c2ccccc2)C(c2ccc(Cl)cc2)=N1. The molecule has 0 radical (unpaired) electrons. The van der Waals surface area contributed by atoms with Crippen molar-refractivity contribution in [3.63, 3.8) is 0 Å². The van der Waals surface area contributed by atoms with E-state index in [4.69, 9.17) is 28.3 Å². The Morgan fingerprint density at radius 2 is 1.65 bits per heavy atom. The van der Waals surface area contributed by atoms with Gasteiger partial charge in [0, 0.05) is 27.4 Å². The van der Waals surface area contributed by atoms with E-state index in [1.807, 2.05) is 66.5 Å². The van der Waals surface area contributed by atoms with Crippen LogP contribution in [-0.4, -0.2) is 29.8 Å². The van der Waals surface area contributed by atoms with Gasteiger partial charge in [-0.15, -0.1) is 0 Å². The molecular formula is C24H22Cl2N4S. The molecule has 0 saturated heterocycles. The first-order valence-corrected chi connectivity index (χ1v) is 11.6. The Bertz CT molecular complexity index is 1070. The maximum absolute atomic E-state index is 6.11. The third-order valence-corrected chi connectivity index (χ3v) is 6.18. The predicted octanol–water partition coefficient (Wildman–Crippen LogP) is 6.47. The Balaban J connectivity index is 1.61. The van der Waals surface area contributed by atoms with Crippen molar-refractivity contribution in [3.8, 4) is 0 Å². The van der Waals surface area contributed by atoms with Crippen LogP contribution in [0.15, 0.2) is 93.9 Å². The lowest BCUT2D eigenvalue weighted by Crippen LogP contribution is -2.34. The topological polar surface area (TPSA) is 40.0 Å². The predicted molar refractivity (Wildman–Crippen MR) is 132 cm³/mol. The zero-order valence-corrected chi connectivity index (χ0v) is 19.3. The van der Waals surface area contributed by atoms with Crippen LogP contribution >= 0.6 is 35.1 Å². The van der Waals surface area contributed by atoms with Gasteiger partial charge in [0.15, 0.2) is 0 Å². The van der Waals surface area contributed by atoms with E-state index in [0.717, 1.165) is 22.1 Å². The highest BCUT2D eigenvalue weighted by molar-refractivity contribution is 7.98. The summed E-state index contributed by atoms with van der Waals surface area (Å²) in [5.74, 6) is 0.860. The van der Waals surface area contributed by atoms with Crippen LogP contribution in [0, 0.1) is 0 Å². The zero-order chi connectivity index (χ0) is 21.6. The number of halogens is 2. The molecule has 4 nitrogen and oxygen atoms in total. The van der Waals surface area contributed by atoms with Crippen LogP contribution in [0.25, 0.3) is 0 Å². The third kappa shape index (κ3) is 5.42. The summed E-state index contributed by atoms with van der Waals surface area (Å²) in [6.45, 7) is 3.38. The van der Waals surface area contributed by atoms with Gasteiger partial charge in [-0.25, -0.2) is 5.01 Å². The number of benzene rings is 3. The summed E-state index contributed by atoms with van der Waals surface area (Å²) in [6, 6.07) is 26.0. The molecule has 158 valence electrons. The third-order valence-electron chi connectivity index (χ3n) is 4.88. The Morgan fingerprint density at radius 3 is 2.29 bits per heavy atom. The standard InChI is InChI=1S/C24H22Cl2N4S/c1-2-27-24(29-31-21-14-12-20(26)13-15-21)30-16-22(17-6-4-3-5-7-17)23(28-30)18-8-10-19(25)11-9-18/h3-15,22H,2,16H2,1H3,(H,27,29)/t22-/m1/s1. The van der Waals surface area contributed by atoms with Crippen molar-refractivity contribution >= 4 is 46.8 Å². The molecule has 31 heavy (non-hydrogen) atoms. The van der Waals surface area contributed by atoms with E-state index < -0.39 is 0 Å². The maximum Gasteiger partial charge on any atom is 0.225 e. The molecule has 3 aromatic carbocycles. The van der Waals surface area contributed by atoms with Crippen molar-refractivity contribution in [1.82, 2.24) is 9.73 Å². The van der Waals surface area contributed by atoms with Gasteiger partial charge in [0.2, 0.25) is 5.96 Å². The molecule has 1 aliphatic rings. The minimum Gasteiger partial charge on any atom is -0.295 e. The van der Waals surface area contributed by atoms with Gasteiger partial charge in [0.1, 0.15) is 0 Å². The number of rotatable bonds is 5. The van der Waals surface area contributed by atoms with Gasteiger partial charge in [-0.05, 0) is 66.4 Å². The smallest absolute Gasteiger partial charge is 0.225 e. The molecule has 1 N–H and O–H groups in total. The molecule has 4 rings (SSSR count). The normalized spacial score (nSPS) is 16.4. The number of hydrazone groups is 1. The largest absolute Gasteiger partial charge is 0.295 e. The van der Waals surface area contributed by atoms with Gasteiger partial charge >= 0.3 is 0 Å². The fourth-order valence-corrected chi connectivity index (χ4v) is 4.29. The first-order chi connectivity index (χ1) is 15.1. The molecule has 3 aromatic rings. The molecule has 0 unspecified atom stereocenters. The number of nitrogens with one attached hydrogen (secondary N) is 1. The monoisotopic (exact) mass is 468 g/mol. The molecule has 0 aliphatic carbocycles. The van der Waals surface area contributed by atoms with Crippen LogP contribution in [0.5, 0.6) is 0 Å². The van der Waals surface area contributed by atoms with Crippen molar-refractivity contribution in [1.29, 1.82) is 0 Å². The Morgan fingerprint density at radius 1 is 1.00 bits per heavy atom. The van der Waals surface area contributed by atoms with E-state index in [1.54, 1.807) is 0 Å². The molecule has 0 amide bonds. The van der Waals surface area contributed by atoms with Crippen LogP contribution in [-0.2, 0) is 0 Å². The summed E-state index contributed by atoms with van der Waals surface area (Å²) in [5.41, 5.74) is 3.28. The van der Waals surface area contributed by atoms with E-state index in [9.17, 15) is 0 Å². The van der Waals surface area contributed by atoms with E-state index in [2.05, 4.69) is 34.0 Å². The second kappa shape index (κ2) is 10.2. The molecule has 0 bridgehead atoms. The lowest BCUT2D eigenvalue weighted by Gasteiger charge is -2.19. The Hall–Kier alpha value is -2.47. The lowest BCUT2D eigenvalue weighted by molar-refractivity contribution is 0.464. The van der Waals surface area contributed by atoms with Crippen molar-refractivity contribution < 1.29 is 0 Å². The summed E-state index contributed by atoms with van der Waals surface area (Å²) >= 11 is 13.6. The van der Waals surface area contributed by atoms with Crippen LogP contribution in [0.4, 0.5) is 0 Å². The Labute approximate surface area is 197 Å². The molecule has 0 aromatic heterocycles. The van der Waals surface area contributed by atoms with Crippen molar-refractivity contribution in [2.24, 2.45) is 10.1 Å². The zero-order valence-electron chi connectivity index (χ0n) is 17.0. The van der Waals surface area contributed by atoms with Gasteiger partial charge in [0.25, 0.3) is 0 Å². The number of hydrogen-bond donors (Lipinski definition) is 1. The number of guanidine groups is 1. The fraction of sp³-hybridized carbons (Fsp3) is 0.167. The number of aliphatic imine (C=N–C) groups is 1. The molecule has 1 atom stereocenters. The summed E-state index contributed by atoms with van der Waals surface area (Å²) < 4.78 is 3.37. The van der Waals surface area contributed by atoms with Gasteiger partial charge in [-0.1, -0.05) is 65.7 Å². The van der Waals surface area contributed by atoms with E-state index in [0.29, 0.717) is 23.1 Å². The molecule has 1 heterocycles. The van der Waals surface area contributed by atoms with Crippen LogP contribution in [0.3, 0.4) is 0 Å². The summed E-state index contributed by atoms with van der Waals surface area (Å²) in [4.78, 5) is 5.72. The summed E-state index contributed by atoms with van der Waals surface area (Å²) in [6.07, 6.45) is 0. The highest BCUT2D eigenvalue weighted by Gasteiger charge is 2.31. The average molecular weight is 469 g/mol. The number of nitrogens with zero attached hydrogens (tertiary/aromatic N) is 3. The number of hydrogen-bond acceptors (Lipinski definition) is 3. The average Bonchev–Trinajstić information content (AvgIpc) is 3.24. The lowest BCUT2D eigenvalue weighted by atomic mass is 9.91. The second-order valence-corrected chi connectivity index (χ2v) is 8.75. The summed E-state index contributed by atoms with van der Waals surface area (Å²) in [5, 5.41) is 8.35. The van der Waals surface area contributed by atoms with Crippen LogP contribution in [0.2, 0.25) is 10.0 Å². The first-order valence-electron chi connectivity index (χ1n) is 10.0. The minimum absolute atomic E-state index is 0.131. The van der Waals surface area contributed by atoms with Gasteiger partial charge in [0.05, 0.1) is 12.3 Å². The molecule has 7 heteroatoms. The van der Waals surface area contributed by atoms with Gasteiger partial charge in [-0.2, -0.15) is 5.10 Å². The van der Waals surface area contributed by atoms with Crippen molar-refractivity contribution in [2.75, 3.05) is 13.1 Å². The van der Waals surface area contributed by atoms with Crippen LogP contribution in [0.1, 0.15) is 24.0 Å². The molecule has 0 saturated carbocycles. The van der Waals surface area contributed by atoms with E-state index in [1.165, 1.54) is 17.5 Å². The van der Waals surface area contributed by atoms with Crippen molar-refractivity contribution in [2.45, 2.75) is 17.7 Å².